The van der Waals surface area contributed by atoms with Gasteiger partial charge in [0, 0.05) is 5.25 Å². The molecule has 1 heterocycles. The van der Waals surface area contributed by atoms with E-state index in [2.05, 4.69) is 6.92 Å². The molecule has 1 aliphatic rings. The second kappa shape index (κ2) is 5.76. The molecule has 0 aliphatic carbocycles. The van der Waals surface area contributed by atoms with Crippen molar-refractivity contribution in [3.63, 3.8) is 0 Å². The van der Waals surface area contributed by atoms with Crippen LogP contribution in [0.1, 0.15) is 24.2 Å². The summed E-state index contributed by atoms with van der Waals surface area (Å²) >= 11 is 1.50. The van der Waals surface area contributed by atoms with Crippen molar-refractivity contribution in [1.82, 2.24) is 0 Å². The van der Waals surface area contributed by atoms with E-state index >= 15 is 0 Å². The number of aliphatic hydroxyl groups excluding tert-OH is 1. The molecule has 18 heavy (non-hydrogen) atoms. The first-order chi connectivity index (χ1) is 8.59. The lowest BCUT2D eigenvalue weighted by atomic mass is 9.94. The van der Waals surface area contributed by atoms with Gasteiger partial charge in [0.1, 0.15) is 12.0 Å². The number of hydrogen-bond acceptors (Lipinski definition) is 4. The average molecular weight is 266 g/mol. The van der Waals surface area contributed by atoms with Crippen LogP contribution in [0.25, 0.3) is 0 Å². The van der Waals surface area contributed by atoms with E-state index < -0.39 is 0 Å². The Bertz CT molecular complexity index is 407. The SMILES string of the molecule is C[C@@H]1[C@@H](COC(=O)c2ccccc2)SC(O)[C@@H]1C. The Morgan fingerprint density at radius 1 is 1.28 bits per heavy atom. The molecule has 1 saturated heterocycles. The molecule has 0 bridgehead atoms. The van der Waals surface area contributed by atoms with E-state index in [-0.39, 0.29) is 22.6 Å². The highest BCUT2D eigenvalue weighted by Gasteiger charge is 2.38. The van der Waals surface area contributed by atoms with Gasteiger partial charge in [0.15, 0.2) is 0 Å². The van der Waals surface area contributed by atoms with Crippen LogP contribution in [0.3, 0.4) is 0 Å². The fourth-order valence-electron chi connectivity index (χ4n) is 2.03. The fourth-order valence-corrected chi connectivity index (χ4v) is 3.53. The standard InChI is InChI=1S/C14H18O3S/c1-9-10(2)14(16)18-12(9)8-17-13(15)11-6-4-3-5-7-11/h3-7,9-10,12,14,16H,8H2,1-2H3/t9-,10+,12+,14?/m0/s1. The molecule has 4 heteroatoms. The van der Waals surface area contributed by atoms with Gasteiger partial charge in [-0.15, -0.1) is 11.8 Å². The van der Waals surface area contributed by atoms with E-state index in [0.29, 0.717) is 18.1 Å². The summed E-state index contributed by atoms with van der Waals surface area (Å²) in [5.74, 6) is 0.307. The number of hydrogen-bond donors (Lipinski definition) is 1. The van der Waals surface area contributed by atoms with Gasteiger partial charge in [-0.3, -0.25) is 0 Å². The summed E-state index contributed by atoms with van der Waals surface area (Å²) in [5, 5.41) is 9.93. The first-order valence-electron chi connectivity index (χ1n) is 6.15. The maximum atomic E-state index is 11.8. The van der Waals surface area contributed by atoms with Crippen molar-refractivity contribution in [3.8, 4) is 0 Å². The third-order valence-corrected chi connectivity index (χ3v) is 5.19. The predicted molar refractivity (Wildman–Crippen MR) is 72.4 cm³/mol. The molecule has 98 valence electrons. The lowest BCUT2D eigenvalue weighted by Gasteiger charge is -2.16. The molecule has 1 fully saturated rings. The van der Waals surface area contributed by atoms with Gasteiger partial charge in [0.2, 0.25) is 0 Å². The number of aliphatic hydroxyl groups is 1. The van der Waals surface area contributed by atoms with E-state index in [1.807, 2.05) is 25.1 Å². The number of esters is 1. The van der Waals surface area contributed by atoms with Gasteiger partial charge in [-0.1, -0.05) is 32.0 Å². The first-order valence-corrected chi connectivity index (χ1v) is 7.09. The summed E-state index contributed by atoms with van der Waals surface area (Å²) < 4.78 is 5.31. The van der Waals surface area contributed by atoms with Gasteiger partial charge >= 0.3 is 5.97 Å². The Balaban J connectivity index is 1.88. The van der Waals surface area contributed by atoms with Crippen LogP contribution in [-0.2, 0) is 4.74 Å². The molecular formula is C14H18O3S. The summed E-state index contributed by atoms with van der Waals surface area (Å²) in [6.07, 6.45) is 0. The molecule has 1 aromatic rings. The summed E-state index contributed by atoms with van der Waals surface area (Å²) in [6.45, 7) is 4.48. The lowest BCUT2D eigenvalue weighted by Crippen LogP contribution is -2.21. The highest BCUT2D eigenvalue weighted by molar-refractivity contribution is 8.00. The van der Waals surface area contributed by atoms with Crippen LogP contribution in [0.15, 0.2) is 30.3 Å². The summed E-state index contributed by atoms with van der Waals surface area (Å²) in [4.78, 5) is 11.8. The maximum absolute atomic E-state index is 11.8. The zero-order chi connectivity index (χ0) is 13.1. The third kappa shape index (κ3) is 2.87. The summed E-state index contributed by atoms with van der Waals surface area (Å²) in [6, 6.07) is 8.98. The minimum Gasteiger partial charge on any atom is -0.461 e. The zero-order valence-electron chi connectivity index (χ0n) is 10.6. The molecule has 1 N–H and O–H groups in total. The van der Waals surface area contributed by atoms with E-state index in [4.69, 9.17) is 4.74 Å². The predicted octanol–water partition coefficient (Wildman–Crippen LogP) is 2.55. The molecule has 0 saturated carbocycles. The van der Waals surface area contributed by atoms with Crippen LogP contribution in [-0.4, -0.2) is 28.4 Å². The van der Waals surface area contributed by atoms with Gasteiger partial charge in [0.05, 0.1) is 5.56 Å². The normalized spacial score (nSPS) is 31.3. The van der Waals surface area contributed by atoms with E-state index in [1.165, 1.54) is 11.8 Å². The van der Waals surface area contributed by atoms with Crippen LogP contribution >= 0.6 is 11.8 Å². The third-order valence-electron chi connectivity index (χ3n) is 3.57. The molecule has 1 unspecified atom stereocenters. The molecule has 3 nitrogen and oxygen atoms in total. The molecule has 4 atom stereocenters. The maximum Gasteiger partial charge on any atom is 0.338 e. The van der Waals surface area contributed by atoms with E-state index in [9.17, 15) is 9.90 Å². The van der Waals surface area contributed by atoms with Crippen molar-refractivity contribution in [2.75, 3.05) is 6.61 Å². The number of ether oxygens (including phenoxy) is 1. The van der Waals surface area contributed by atoms with Crippen LogP contribution in [0.5, 0.6) is 0 Å². The number of carbonyl (C=O) groups excluding carboxylic acids is 1. The zero-order valence-corrected chi connectivity index (χ0v) is 11.4. The molecule has 1 aromatic carbocycles. The molecule has 1 aliphatic heterocycles. The molecule has 0 aromatic heterocycles. The van der Waals surface area contributed by atoms with Crippen LogP contribution in [0, 0.1) is 11.8 Å². The van der Waals surface area contributed by atoms with Crippen molar-refractivity contribution in [3.05, 3.63) is 35.9 Å². The highest BCUT2D eigenvalue weighted by Crippen LogP contribution is 2.41. The van der Waals surface area contributed by atoms with Gasteiger partial charge in [-0.25, -0.2) is 4.79 Å². The highest BCUT2D eigenvalue weighted by atomic mass is 32.2. The Morgan fingerprint density at radius 3 is 2.50 bits per heavy atom. The number of carbonyl (C=O) groups is 1. The van der Waals surface area contributed by atoms with Crippen LogP contribution < -0.4 is 0 Å². The average Bonchev–Trinajstić information content (AvgIpc) is 2.64. The Hall–Kier alpha value is -1.00. The van der Waals surface area contributed by atoms with Gasteiger partial charge < -0.3 is 9.84 Å². The van der Waals surface area contributed by atoms with Gasteiger partial charge in [-0.05, 0) is 24.0 Å². The summed E-state index contributed by atoms with van der Waals surface area (Å²) in [7, 11) is 0. The van der Waals surface area contributed by atoms with Crippen LogP contribution in [0.4, 0.5) is 0 Å². The van der Waals surface area contributed by atoms with Crippen molar-refractivity contribution in [2.45, 2.75) is 24.5 Å². The van der Waals surface area contributed by atoms with Gasteiger partial charge in [-0.2, -0.15) is 0 Å². The quantitative estimate of drug-likeness (QED) is 0.854. The Morgan fingerprint density at radius 2 is 1.94 bits per heavy atom. The number of thioether (sulfide) groups is 1. The minimum atomic E-state index is -0.347. The first kappa shape index (κ1) is 13.4. The smallest absolute Gasteiger partial charge is 0.338 e. The summed E-state index contributed by atoms with van der Waals surface area (Å²) in [5.41, 5.74) is 0.224. The monoisotopic (exact) mass is 266 g/mol. The molecule has 0 amide bonds. The number of benzene rings is 1. The molecule has 2 rings (SSSR count). The molecule has 0 spiro atoms. The van der Waals surface area contributed by atoms with Gasteiger partial charge in [0.25, 0.3) is 0 Å². The van der Waals surface area contributed by atoms with Crippen molar-refractivity contribution < 1.29 is 14.6 Å². The second-order valence-corrected chi connectivity index (χ2v) is 6.11. The van der Waals surface area contributed by atoms with E-state index in [0.717, 1.165) is 0 Å². The molecule has 0 radical (unpaired) electrons. The Kier molecular flexibility index (Phi) is 4.30. The van der Waals surface area contributed by atoms with Crippen molar-refractivity contribution in [1.29, 1.82) is 0 Å². The lowest BCUT2D eigenvalue weighted by molar-refractivity contribution is 0.0486. The Labute approximate surface area is 112 Å². The number of rotatable bonds is 3. The fraction of sp³-hybridized carbons (Fsp3) is 0.500. The van der Waals surface area contributed by atoms with Crippen LogP contribution in [0.2, 0.25) is 0 Å². The second-order valence-electron chi connectivity index (χ2n) is 4.75. The minimum absolute atomic E-state index is 0.183. The van der Waals surface area contributed by atoms with E-state index in [1.54, 1.807) is 12.1 Å². The molecular weight excluding hydrogens is 248 g/mol. The van der Waals surface area contributed by atoms with Crippen molar-refractivity contribution >= 4 is 17.7 Å². The van der Waals surface area contributed by atoms with Crippen molar-refractivity contribution in [2.24, 2.45) is 11.8 Å². The largest absolute Gasteiger partial charge is 0.461 e. The topological polar surface area (TPSA) is 46.5 Å².